The Hall–Kier alpha value is -2.18. The van der Waals surface area contributed by atoms with E-state index in [1.807, 2.05) is 32.9 Å². The van der Waals surface area contributed by atoms with Crippen molar-refractivity contribution in [2.24, 2.45) is 0 Å². The van der Waals surface area contributed by atoms with E-state index in [-0.39, 0.29) is 17.3 Å². The van der Waals surface area contributed by atoms with Crippen molar-refractivity contribution in [3.8, 4) is 0 Å². The van der Waals surface area contributed by atoms with Gasteiger partial charge in [-0.05, 0) is 61.6 Å². The van der Waals surface area contributed by atoms with Crippen LogP contribution in [0.15, 0.2) is 35.2 Å². The van der Waals surface area contributed by atoms with Crippen molar-refractivity contribution in [1.82, 2.24) is 10.0 Å². The molecule has 132 valence electrons. The maximum absolute atomic E-state index is 12.6. The number of nitrogens with one attached hydrogen (secondary N) is 2. The van der Waals surface area contributed by atoms with Gasteiger partial charge in [0, 0.05) is 18.7 Å². The summed E-state index contributed by atoms with van der Waals surface area (Å²) in [5, 5.41) is 2.74. The first-order valence-electron chi connectivity index (χ1n) is 8.25. The van der Waals surface area contributed by atoms with Gasteiger partial charge in [0.25, 0.3) is 5.91 Å². The SMILES string of the molecule is Cc1cc(C)c(CNS(=O)(=O)c2ccc3c(c2)C(=O)NCC3)c(C)c1. The lowest BCUT2D eigenvalue weighted by molar-refractivity contribution is 0.0945. The Morgan fingerprint density at radius 3 is 2.44 bits per heavy atom. The molecule has 1 aliphatic rings. The highest BCUT2D eigenvalue weighted by Gasteiger charge is 2.21. The smallest absolute Gasteiger partial charge is 0.251 e. The monoisotopic (exact) mass is 358 g/mol. The molecule has 1 heterocycles. The molecule has 0 unspecified atom stereocenters. The minimum atomic E-state index is -3.69. The molecule has 1 aliphatic heterocycles. The van der Waals surface area contributed by atoms with Crippen LogP contribution in [-0.4, -0.2) is 20.9 Å². The molecule has 0 bridgehead atoms. The molecule has 6 heteroatoms. The Kier molecular flexibility index (Phi) is 4.67. The van der Waals surface area contributed by atoms with E-state index in [4.69, 9.17) is 0 Å². The average Bonchev–Trinajstić information content (AvgIpc) is 2.53. The Balaban J connectivity index is 1.86. The van der Waals surface area contributed by atoms with Gasteiger partial charge in [0.1, 0.15) is 0 Å². The highest BCUT2D eigenvalue weighted by Crippen LogP contribution is 2.21. The fourth-order valence-corrected chi connectivity index (χ4v) is 4.32. The maximum Gasteiger partial charge on any atom is 0.251 e. The van der Waals surface area contributed by atoms with Crippen LogP contribution in [0, 0.1) is 20.8 Å². The highest BCUT2D eigenvalue weighted by atomic mass is 32.2. The summed E-state index contributed by atoms with van der Waals surface area (Å²) in [7, 11) is -3.69. The van der Waals surface area contributed by atoms with E-state index in [2.05, 4.69) is 10.0 Å². The zero-order valence-electron chi connectivity index (χ0n) is 14.6. The van der Waals surface area contributed by atoms with Crippen LogP contribution in [0.3, 0.4) is 0 Å². The van der Waals surface area contributed by atoms with Gasteiger partial charge in [-0.2, -0.15) is 0 Å². The minimum Gasteiger partial charge on any atom is -0.352 e. The first kappa shape index (κ1) is 17.6. The molecule has 0 aromatic heterocycles. The Labute approximate surface area is 148 Å². The van der Waals surface area contributed by atoms with E-state index in [1.54, 1.807) is 12.1 Å². The van der Waals surface area contributed by atoms with Crippen molar-refractivity contribution in [1.29, 1.82) is 0 Å². The van der Waals surface area contributed by atoms with E-state index in [0.29, 0.717) is 12.1 Å². The average molecular weight is 358 g/mol. The zero-order chi connectivity index (χ0) is 18.2. The van der Waals surface area contributed by atoms with Gasteiger partial charge in [0.15, 0.2) is 0 Å². The van der Waals surface area contributed by atoms with Crippen molar-refractivity contribution in [2.75, 3.05) is 6.54 Å². The highest BCUT2D eigenvalue weighted by molar-refractivity contribution is 7.89. The normalized spacial score (nSPS) is 14.1. The second-order valence-electron chi connectivity index (χ2n) is 6.53. The Morgan fingerprint density at radius 1 is 1.08 bits per heavy atom. The summed E-state index contributed by atoms with van der Waals surface area (Å²) in [6, 6.07) is 8.83. The van der Waals surface area contributed by atoms with Crippen molar-refractivity contribution in [3.05, 3.63) is 63.7 Å². The number of rotatable bonds is 4. The van der Waals surface area contributed by atoms with Gasteiger partial charge < -0.3 is 5.32 Å². The van der Waals surface area contributed by atoms with E-state index in [0.717, 1.165) is 34.2 Å². The van der Waals surface area contributed by atoms with Gasteiger partial charge in [-0.1, -0.05) is 23.8 Å². The predicted octanol–water partition coefficient (Wildman–Crippen LogP) is 2.38. The summed E-state index contributed by atoms with van der Waals surface area (Å²) in [5.74, 6) is -0.219. The summed E-state index contributed by atoms with van der Waals surface area (Å²) < 4.78 is 27.9. The lowest BCUT2D eigenvalue weighted by Crippen LogP contribution is -2.32. The molecule has 25 heavy (non-hydrogen) atoms. The first-order chi connectivity index (χ1) is 11.8. The minimum absolute atomic E-state index is 0.116. The van der Waals surface area contributed by atoms with Crippen molar-refractivity contribution >= 4 is 15.9 Å². The fraction of sp³-hybridized carbons (Fsp3) is 0.316. The largest absolute Gasteiger partial charge is 0.352 e. The molecule has 2 N–H and O–H groups in total. The quantitative estimate of drug-likeness (QED) is 0.881. The second-order valence-corrected chi connectivity index (χ2v) is 8.29. The van der Waals surface area contributed by atoms with Crippen LogP contribution in [0.2, 0.25) is 0 Å². The van der Waals surface area contributed by atoms with E-state index >= 15 is 0 Å². The number of amides is 1. The molecule has 0 saturated heterocycles. The molecule has 0 atom stereocenters. The first-order valence-corrected chi connectivity index (χ1v) is 9.74. The number of carbonyl (C=O) groups excluding carboxylic acids is 1. The van der Waals surface area contributed by atoms with Crippen LogP contribution in [0.5, 0.6) is 0 Å². The van der Waals surface area contributed by atoms with Gasteiger partial charge in [-0.15, -0.1) is 0 Å². The third-order valence-corrected chi connectivity index (χ3v) is 5.99. The number of carbonyl (C=O) groups is 1. The van der Waals surface area contributed by atoms with Crippen LogP contribution in [-0.2, 0) is 23.0 Å². The molecule has 1 amide bonds. The van der Waals surface area contributed by atoms with Crippen LogP contribution < -0.4 is 10.0 Å². The standard InChI is InChI=1S/C19H22N2O3S/c1-12-8-13(2)18(14(3)9-12)11-21-25(23,24)16-5-4-15-6-7-20-19(22)17(15)10-16/h4-5,8-10,21H,6-7,11H2,1-3H3,(H,20,22). The Bertz CT molecular complexity index is 926. The second kappa shape index (κ2) is 6.61. The van der Waals surface area contributed by atoms with Crippen molar-refractivity contribution < 1.29 is 13.2 Å². The number of hydrogen-bond donors (Lipinski definition) is 2. The van der Waals surface area contributed by atoms with Gasteiger partial charge in [0.2, 0.25) is 10.0 Å². The molecule has 0 radical (unpaired) electrons. The Morgan fingerprint density at radius 2 is 1.76 bits per heavy atom. The summed E-state index contributed by atoms with van der Waals surface area (Å²) in [4.78, 5) is 12.1. The van der Waals surface area contributed by atoms with Crippen LogP contribution in [0.25, 0.3) is 0 Å². The topological polar surface area (TPSA) is 75.3 Å². The van der Waals surface area contributed by atoms with E-state index in [9.17, 15) is 13.2 Å². The summed E-state index contributed by atoms with van der Waals surface area (Å²) >= 11 is 0. The fourth-order valence-electron chi connectivity index (χ4n) is 3.30. The molecule has 0 fully saturated rings. The number of benzene rings is 2. The molecule has 2 aromatic rings. The molecular formula is C19H22N2O3S. The van der Waals surface area contributed by atoms with Crippen LogP contribution >= 0.6 is 0 Å². The van der Waals surface area contributed by atoms with Gasteiger partial charge >= 0.3 is 0 Å². The maximum atomic E-state index is 12.6. The summed E-state index contributed by atoms with van der Waals surface area (Å²) in [5.41, 5.74) is 5.58. The van der Waals surface area contributed by atoms with Gasteiger partial charge in [-0.25, -0.2) is 13.1 Å². The lowest BCUT2D eigenvalue weighted by atomic mass is 10.0. The summed E-state index contributed by atoms with van der Waals surface area (Å²) in [6.45, 7) is 6.79. The molecule has 0 aliphatic carbocycles. The van der Waals surface area contributed by atoms with E-state index < -0.39 is 10.0 Å². The number of aryl methyl sites for hydroxylation is 3. The third kappa shape index (κ3) is 3.60. The molecule has 3 rings (SSSR count). The van der Waals surface area contributed by atoms with E-state index in [1.165, 1.54) is 6.07 Å². The summed E-state index contributed by atoms with van der Waals surface area (Å²) in [6.07, 6.45) is 0.719. The van der Waals surface area contributed by atoms with Crippen LogP contribution in [0.4, 0.5) is 0 Å². The van der Waals surface area contributed by atoms with Crippen LogP contribution in [0.1, 0.15) is 38.2 Å². The zero-order valence-corrected chi connectivity index (χ0v) is 15.5. The van der Waals surface area contributed by atoms with Crippen molar-refractivity contribution in [3.63, 3.8) is 0 Å². The number of sulfonamides is 1. The molecule has 2 aromatic carbocycles. The van der Waals surface area contributed by atoms with Gasteiger partial charge in [0.05, 0.1) is 4.90 Å². The molecule has 5 nitrogen and oxygen atoms in total. The molecule has 0 spiro atoms. The van der Waals surface area contributed by atoms with Crippen molar-refractivity contribution in [2.45, 2.75) is 38.6 Å². The third-order valence-electron chi connectivity index (χ3n) is 4.60. The number of hydrogen-bond acceptors (Lipinski definition) is 3. The van der Waals surface area contributed by atoms with Gasteiger partial charge in [-0.3, -0.25) is 4.79 Å². The molecular weight excluding hydrogens is 336 g/mol. The lowest BCUT2D eigenvalue weighted by Gasteiger charge is -2.17. The molecule has 0 saturated carbocycles. The number of fused-ring (bicyclic) bond motifs is 1. The predicted molar refractivity (Wildman–Crippen MR) is 97.2 cm³/mol.